The normalized spacial score (nSPS) is 16.4. The predicted octanol–water partition coefficient (Wildman–Crippen LogP) is 4.36. The number of aliphatic imine (C=N–C) groups is 1. The van der Waals surface area contributed by atoms with Crippen molar-refractivity contribution in [3.8, 4) is 0 Å². The van der Waals surface area contributed by atoms with E-state index in [-0.39, 0.29) is 29.0 Å². The number of benzene rings is 1. The van der Waals surface area contributed by atoms with Crippen LogP contribution in [0.25, 0.3) is 0 Å². The molecule has 4 nitrogen and oxygen atoms in total. The average Bonchev–Trinajstić information content (AvgIpc) is 3.05. The topological polar surface area (TPSA) is 45.7 Å². The lowest BCUT2D eigenvalue weighted by Crippen LogP contribution is -2.43. The Bertz CT molecular complexity index is 565. The fraction of sp³-hybridized carbons (Fsp3) is 0.611. The number of nitrogens with zero attached hydrogens (tertiary/aromatic N) is 1. The Labute approximate surface area is 172 Å². The van der Waals surface area contributed by atoms with Gasteiger partial charge in [0.2, 0.25) is 0 Å². The van der Waals surface area contributed by atoms with E-state index in [1.54, 1.807) is 26.3 Å². The molecule has 1 fully saturated rings. The number of ether oxygens (including phenoxy) is 1. The van der Waals surface area contributed by atoms with E-state index in [0.717, 1.165) is 31.1 Å². The van der Waals surface area contributed by atoms with Gasteiger partial charge in [-0.2, -0.15) is 0 Å². The fourth-order valence-electron chi connectivity index (χ4n) is 3.29. The van der Waals surface area contributed by atoms with E-state index >= 15 is 0 Å². The third-order valence-corrected chi connectivity index (χ3v) is 5.09. The van der Waals surface area contributed by atoms with E-state index in [1.807, 2.05) is 0 Å². The maximum absolute atomic E-state index is 13.2. The van der Waals surface area contributed by atoms with Crippen LogP contribution in [0.2, 0.25) is 5.02 Å². The second kappa shape index (κ2) is 11.2. The maximum atomic E-state index is 13.2. The first-order valence-electron chi connectivity index (χ1n) is 8.46. The van der Waals surface area contributed by atoms with Gasteiger partial charge in [-0.15, -0.1) is 24.0 Å². The standard InChI is InChI=1S/C18H27ClFN3O.HI/c1-21-17(22-12-14-5-6-16(20)15(19)11-14)23-13-18(9-10-24-2)7-3-4-8-18;/h5-6,11H,3-4,7-10,12-13H2,1-2H3,(H2,21,22,23);1H. The van der Waals surface area contributed by atoms with Crippen molar-refractivity contribution in [2.75, 3.05) is 27.3 Å². The molecule has 0 aromatic heterocycles. The second-order valence-electron chi connectivity index (χ2n) is 6.48. The van der Waals surface area contributed by atoms with Crippen molar-refractivity contribution >= 4 is 41.5 Å². The van der Waals surface area contributed by atoms with Crippen molar-refractivity contribution in [3.63, 3.8) is 0 Å². The summed E-state index contributed by atoms with van der Waals surface area (Å²) in [6, 6.07) is 4.74. The quantitative estimate of drug-likeness (QED) is 0.344. The summed E-state index contributed by atoms with van der Waals surface area (Å²) in [4.78, 5) is 4.27. The van der Waals surface area contributed by atoms with Crippen molar-refractivity contribution in [3.05, 3.63) is 34.6 Å². The van der Waals surface area contributed by atoms with Gasteiger partial charge in [-0.3, -0.25) is 4.99 Å². The number of guanidine groups is 1. The Morgan fingerprint density at radius 2 is 2.04 bits per heavy atom. The van der Waals surface area contributed by atoms with Gasteiger partial charge in [0, 0.05) is 33.9 Å². The zero-order chi connectivity index (χ0) is 17.4. The molecular formula is C18H28ClFIN3O. The summed E-state index contributed by atoms with van der Waals surface area (Å²) >= 11 is 5.82. The van der Waals surface area contributed by atoms with Crippen molar-refractivity contribution in [1.82, 2.24) is 10.6 Å². The fourth-order valence-corrected chi connectivity index (χ4v) is 3.49. The van der Waals surface area contributed by atoms with Gasteiger partial charge in [0.05, 0.1) is 5.02 Å². The lowest BCUT2D eigenvalue weighted by atomic mass is 9.83. The van der Waals surface area contributed by atoms with Gasteiger partial charge in [0.1, 0.15) is 5.82 Å². The molecule has 1 aliphatic carbocycles. The summed E-state index contributed by atoms with van der Waals surface area (Å²) in [7, 11) is 3.51. The molecule has 1 saturated carbocycles. The Hall–Kier alpha value is -0.600. The number of halogens is 3. The van der Waals surface area contributed by atoms with E-state index in [1.165, 1.54) is 31.7 Å². The van der Waals surface area contributed by atoms with Gasteiger partial charge >= 0.3 is 0 Å². The highest BCUT2D eigenvalue weighted by atomic mass is 127. The number of nitrogens with one attached hydrogen (secondary N) is 2. The first-order chi connectivity index (χ1) is 11.6. The molecular weight excluding hydrogens is 456 g/mol. The minimum Gasteiger partial charge on any atom is -0.385 e. The number of methoxy groups -OCH3 is 1. The molecule has 0 spiro atoms. The summed E-state index contributed by atoms with van der Waals surface area (Å²) in [5, 5.41) is 6.83. The Kier molecular flexibility index (Phi) is 10.0. The van der Waals surface area contributed by atoms with Gasteiger partial charge in [-0.1, -0.05) is 30.5 Å². The smallest absolute Gasteiger partial charge is 0.191 e. The van der Waals surface area contributed by atoms with E-state index in [2.05, 4.69) is 15.6 Å². The molecule has 7 heteroatoms. The average molecular weight is 484 g/mol. The van der Waals surface area contributed by atoms with Crippen LogP contribution in [0.4, 0.5) is 4.39 Å². The molecule has 0 amide bonds. The molecule has 142 valence electrons. The van der Waals surface area contributed by atoms with Crippen molar-refractivity contribution in [2.45, 2.75) is 38.6 Å². The summed E-state index contributed by atoms with van der Waals surface area (Å²) < 4.78 is 18.5. The van der Waals surface area contributed by atoms with E-state index < -0.39 is 5.82 Å². The van der Waals surface area contributed by atoms with Crippen LogP contribution >= 0.6 is 35.6 Å². The van der Waals surface area contributed by atoms with Crippen LogP contribution in [0.1, 0.15) is 37.7 Å². The van der Waals surface area contributed by atoms with Crippen molar-refractivity contribution < 1.29 is 9.13 Å². The molecule has 0 radical (unpaired) electrons. The summed E-state index contributed by atoms with van der Waals surface area (Å²) in [5.74, 6) is 0.350. The Balaban J connectivity index is 0.00000312. The monoisotopic (exact) mass is 483 g/mol. The lowest BCUT2D eigenvalue weighted by Gasteiger charge is -2.30. The van der Waals surface area contributed by atoms with Gasteiger partial charge in [0.15, 0.2) is 5.96 Å². The molecule has 1 aromatic rings. The largest absolute Gasteiger partial charge is 0.385 e. The zero-order valence-corrected chi connectivity index (χ0v) is 18.0. The maximum Gasteiger partial charge on any atom is 0.191 e. The van der Waals surface area contributed by atoms with Crippen LogP contribution < -0.4 is 10.6 Å². The summed E-state index contributed by atoms with van der Waals surface area (Å²) in [5.41, 5.74) is 1.21. The lowest BCUT2D eigenvalue weighted by molar-refractivity contribution is 0.138. The second-order valence-corrected chi connectivity index (χ2v) is 6.88. The van der Waals surface area contributed by atoms with E-state index in [9.17, 15) is 4.39 Å². The Morgan fingerprint density at radius 1 is 1.32 bits per heavy atom. The van der Waals surface area contributed by atoms with Crippen LogP contribution in [0.15, 0.2) is 23.2 Å². The summed E-state index contributed by atoms with van der Waals surface area (Å²) in [6.07, 6.45) is 6.10. The molecule has 2 rings (SSSR count). The van der Waals surface area contributed by atoms with Crippen LogP contribution in [0.3, 0.4) is 0 Å². The molecule has 0 unspecified atom stereocenters. The first-order valence-corrected chi connectivity index (χ1v) is 8.84. The highest BCUT2D eigenvalue weighted by Crippen LogP contribution is 2.40. The SMILES string of the molecule is CN=C(NCc1ccc(F)c(Cl)c1)NCC1(CCOC)CCCC1.I. The third-order valence-electron chi connectivity index (χ3n) is 4.80. The predicted molar refractivity (Wildman–Crippen MR) is 112 cm³/mol. The molecule has 1 aliphatic rings. The van der Waals surface area contributed by atoms with Crippen molar-refractivity contribution in [1.29, 1.82) is 0 Å². The molecule has 25 heavy (non-hydrogen) atoms. The van der Waals surface area contributed by atoms with E-state index in [4.69, 9.17) is 16.3 Å². The molecule has 0 saturated heterocycles. The zero-order valence-electron chi connectivity index (χ0n) is 14.9. The van der Waals surface area contributed by atoms with Gasteiger partial charge in [0.25, 0.3) is 0 Å². The van der Waals surface area contributed by atoms with Gasteiger partial charge in [-0.05, 0) is 42.4 Å². The number of hydrogen-bond acceptors (Lipinski definition) is 2. The molecule has 0 heterocycles. The van der Waals surface area contributed by atoms with Gasteiger partial charge in [-0.25, -0.2) is 4.39 Å². The number of hydrogen-bond donors (Lipinski definition) is 2. The van der Waals surface area contributed by atoms with Gasteiger partial charge < -0.3 is 15.4 Å². The molecule has 0 atom stereocenters. The molecule has 0 bridgehead atoms. The Morgan fingerprint density at radius 3 is 2.64 bits per heavy atom. The number of rotatable bonds is 7. The van der Waals surface area contributed by atoms with E-state index in [0.29, 0.717) is 12.0 Å². The first kappa shape index (κ1) is 22.4. The highest BCUT2D eigenvalue weighted by molar-refractivity contribution is 14.0. The minimum absolute atomic E-state index is 0. The molecule has 2 N–H and O–H groups in total. The van der Waals surface area contributed by atoms with Crippen LogP contribution in [-0.4, -0.2) is 33.3 Å². The third kappa shape index (κ3) is 6.90. The summed E-state index contributed by atoms with van der Waals surface area (Å²) in [6.45, 7) is 2.23. The van der Waals surface area contributed by atoms with Crippen LogP contribution in [-0.2, 0) is 11.3 Å². The van der Waals surface area contributed by atoms with Crippen LogP contribution in [0, 0.1) is 11.2 Å². The van der Waals surface area contributed by atoms with Crippen molar-refractivity contribution in [2.24, 2.45) is 10.4 Å². The molecule has 0 aliphatic heterocycles. The highest BCUT2D eigenvalue weighted by Gasteiger charge is 2.33. The van der Waals surface area contributed by atoms with Crippen LogP contribution in [0.5, 0.6) is 0 Å². The molecule has 1 aromatic carbocycles. The minimum atomic E-state index is -0.399.